The average Bonchev–Trinajstić information content (AvgIpc) is 3.67. The second kappa shape index (κ2) is 15.1. The van der Waals surface area contributed by atoms with Crippen LogP contribution < -0.4 is 14.8 Å². The van der Waals surface area contributed by atoms with Gasteiger partial charge in [0.25, 0.3) is 0 Å². The zero-order chi connectivity index (χ0) is 34.0. The lowest BCUT2D eigenvalue weighted by Crippen LogP contribution is -2.67. The summed E-state index contributed by atoms with van der Waals surface area (Å²) in [7, 11) is 0. The van der Waals surface area contributed by atoms with Gasteiger partial charge in [0.1, 0.15) is 66.6 Å². The number of carbonyl (C=O) groups is 1. The third-order valence-electron chi connectivity index (χ3n) is 8.28. The number of phenols is 1. The van der Waals surface area contributed by atoms with Crippen LogP contribution in [0, 0.1) is 5.82 Å². The Bertz CT molecular complexity index is 1520. The normalized spacial score (nSPS) is 31.0. The molecule has 2 aromatic carbocycles. The predicted octanol–water partition coefficient (Wildman–Crippen LogP) is 2.83. The molecule has 9 atom stereocenters. The Morgan fingerprint density at radius 3 is 2.49 bits per heavy atom. The third-order valence-corrected chi connectivity index (χ3v) is 9.07. The first-order chi connectivity index (χ1) is 22.4. The van der Waals surface area contributed by atoms with E-state index >= 15 is 0 Å². The number of fused-ring (bicyclic) bond motifs is 1. The quantitative estimate of drug-likeness (QED) is 0.122. The van der Waals surface area contributed by atoms with Gasteiger partial charge in [0.2, 0.25) is 12.2 Å². The minimum atomic E-state index is -1.49. The summed E-state index contributed by atoms with van der Waals surface area (Å²) in [5.41, 5.74) is 1.35. The van der Waals surface area contributed by atoms with E-state index in [1.54, 1.807) is 12.1 Å². The molecular formula is C32H36Cl2FNO11. The third kappa shape index (κ3) is 7.85. The maximum absolute atomic E-state index is 13.7. The minimum Gasteiger partial charge on any atom is -0.504 e. The van der Waals surface area contributed by atoms with Crippen molar-refractivity contribution in [3.8, 4) is 17.2 Å². The Morgan fingerprint density at radius 1 is 1.06 bits per heavy atom. The number of benzene rings is 2. The molecule has 0 spiro atoms. The van der Waals surface area contributed by atoms with Gasteiger partial charge in [-0.15, -0.1) is 0 Å². The number of aliphatic hydroxyl groups is 4. The summed E-state index contributed by atoms with van der Waals surface area (Å²) in [4.78, 5) is 12.9. The molecule has 0 unspecified atom stereocenters. The fourth-order valence-corrected chi connectivity index (χ4v) is 6.14. The zero-order valence-corrected chi connectivity index (χ0v) is 26.9. The number of amides is 1. The second-order valence-electron chi connectivity index (χ2n) is 11.5. The first-order valence-electron chi connectivity index (χ1n) is 14.9. The van der Waals surface area contributed by atoms with Crippen LogP contribution in [-0.2, 0) is 19.0 Å². The number of rotatable bonds is 10. The number of nitrogens with one attached hydrogen (secondary N) is 1. The highest BCUT2D eigenvalue weighted by molar-refractivity contribution is 6.42. The maximum Gasteiger partial charge on any atom is 0.247 e. The Morgan fingerprint density at radius 2 is 1.79 bits per heavy atom. The van der Waals surface area contributed by atoms with Crippen LogP contribution in [0.3, 0.4) is 0 Å². The molecule has 3 fully saturated rings. The van der Waals surface area contributed by atoms with Gasteiger partial charge in [-0.2, -0.15) is 0 Å². The molecule has 1 saturated carbocycles. The van der Waals surface area contributed by atoms with E-state index < -0.39 is 66.8 Å². The van der Waals surface area contributed by atoms with Gasteiger partial charge in [-0.1, -0.05) is 36.2 Å². The number of phenolic OH excluding ortho intramolecular Hbond substituents is 1. The van der Waals surface area contributed by atoms with Crippen molar-refractivity contribution >= 4 is 35.2 Å². The molecule has 3 aliphatic rings. The first-order valence-corrected chi connectivity index (χ1v) is 15.7. The zero-order valence-electron chi connectivity index (χ0n) is 25.4. The number of ether oxygens (including phenoxy) is 5. The number of hydrogen-bond donors (Lipinski definition) is 6. The predicted molar refractivity (Wildman–Crippen MR) is 167 cm³/mol. The highest BCUT2D eigenvalue weighted by atomic mass is 35.5. The largest absolute Gasteiger partial charge is 0.504 e. The van der Waals surface area contributed by atoms with E-state index in [9.17, 15) is 34.7 Å². The van der Waals surface area contributed by atoms with E-state index in [4.69, 9.17) is 46.9 Å². The fourth-order valence-electron chi connectivity index (χ4n) is 5.78. The lowest BCUT2D eigenvalue weighted by atomic mass is 9.83. The molecule has 6 N–H and O–H groups in total. The standard InChI is InChI=1S/C32H36Cl2FNO11/c1-3-16(6-7-43-22-11-17(35)10-18(33)24(22)34)29-20(38)12-23(47-29)46-21-5-4-15(9-19(21)37)8-14(2)32(42)36-25-26(39)28(41)31-30(27(25)40)44-13-45-31/h4-6,8-11,20,23,25-31,37-41H,3,7,12-13H2,1-2H3,(H,36,42)/b14-8+,16-6-/t20-,23+,25+,26-,27+,28+,29+,30-,31+/m0/s1. The number of aliphatic hydroxyl groups excluding tert-OH is 4. The second-order valence-corrected chi connectivity index (χ2v) is 12.2. The molecule has 2 heterocycles. The SMILES string of the molecule is CC/C(=C/COc1cc(F)cc(Cl)c1Cl)[C@H]1O[C@@H](Oc2ccc(/C=C(\C)C(=O)N[C@@H]3[C@H](O)[C@@H](O)[C@H]4OCO[C@H]4[C@@H]3O)cc2O)C[C@@H]1O. The van der Waals surface area contributed by atoms with Crippen LogP contribution in [0.4, 0.5) is 4.39 Å². The van der Waals surface area contributed by atoms with Gasteiger partial charge in [-0.25, -0.2) is 4.39 Å². The van der Waals surface area contributed by atoms with Crippen molar-refractivity contribution in [2.24, 2.45) is 0 Å². The average molecular weight is 701 g/mol. The van der Waals surface area contributed by atoms with Gasteiger partial charge in [0.05, 0.1) is 17.2 Å². The Balaban J connectivity index is 1.18. The van der Waals surface area contributed by atoms with E-state index in [-0.39, 0.29) is 52.7 Å². The van der Waals surface area contributed by atoms with Crippen molar-refractivity contribution in [1.82, 2.24) is 5.32 Å². The molecule has 1 aliphatic carbocycles. The monoisotopic (exact) mass is 699 g/mol. The van der Waals surface area contributed by atoms with Gasteiger partial charge in [0, 0.05) is 18.1 Å². The van der Waals surface area contributed by atoms with Crippen molar-refractivity contribution in [1.29, 1.82) is 0 Å². The van der Waals surface area contributed by atoms with E-state index in [0.717, 1.165) is 12.1 Å². The summed E-state index contributed by atoms with van der Waals surface area (Å²) in [6, 6.07) is 5.44. The smallest absolute Gasteiger partial charge is 0.247 e. The van der Waals surface area contributed by atoms with Gasteiger partial charge in [-0.05, 0) is 54.8 Å². The maximum atomic E-state index is 13.7. The molecule has 2 aliphatic heterocycles. The molecule has 0 radical (unpaired) electrons. The molecule has 1 amide bonds. The summed E-state index contributed by atoms with van der Waals surface area (Å²) < 4.78 is 41.6. The van der Waals surface area contributed by atoms with Crippen molar-refractivity contribution in [3.05, 3.63) is 69.0 Å². The Hall–Kier alpha value is -2.98. The summed E-state index contributed by atoms with van der Waals surface area (Å²) in [5.74, 6) is -1.30. The lowest BCUT2D eigenvalue weighted by Gasteiger charge is -2.41. The van der Waals surface area contributed by atoms with Crippen LogP contribution in [0.15, 0.2) is 47.6 Å². The van der Waals surface area contributed by atoms with Crippen LogP contribution in [0.2, 0.25) is 10.0 Å². The van der Waals surface area contributed by atoms with Crippen LogP contribution >= 0.6 is 23.2 Å². The van der Waals surface area contributed by atoms with Crippen molar-refractivity contribution in [2.75, 3.05) is 13.4 Å². The highest BCUT2D eigenvalue weighted by Crippen LogP contribution is 2.36. The van der Waals surface area contributed by atoms with Gasteiger partial charge >= 0.3 is 0 Å². The topological polar surface area (TPSA) is 176 Å². The van der Waals surface area contributed by atoms with Gasteiger partial charge in [0.15, 0.2) is 11.5 Å². The molecule has 256 valence electrons. The van der Waals surface area contributed by atoms with Crippen molar-refractivity contribution in [3.63, 3.8) is 0 Å². The van der Waals surface area contributed by atoms with E-state index in [1.807, 2.05) is 6.92 Å². The Kier molecular flexibility index (Phi) is 11.3. The molecule has 5 rings (SSSR count). The van der Waals surface area contributed by atoms with Crippen LogP contribution in [0.1, 0.15) is 32.3 Å². The molecule has 12 nitrogen and oxygen atoms in total. The molecule has 0 bridgehead atoms. The molecule has 15 heteroatoms. The van der Waals surface area contributed by atoms with E-state index in [2.05, 4.69) is 5.32 Å². The number of hydrogen-bond acceptors (Lipinski definition) is 11. The van der Waals surface area contributed by atoms with Gasteiger partial charge in [-0.3, -0.25) is 4.79 Å². The summed E-state index contributed by atoms with van der Waals surface area (Å²) in [6.45, 7) is 3.25. The van der Waals surface area contributed by atoms with Gasteiger partial charge < -0.3 is 54.5 Å². The Labute approximate surface area is 279 Å². The number of halogens is 3. The highest BCUT2D eigenvalue weighted by Gasteiger charge is 2.53. The molecule has 2 aromatic rings. The molecule has 47 heavy (non-hydrogen) atoms. The van der Waals surface area contributed by atoms with Crippen LogP contribution in [-0.4, -0.2) is 99.9 Å². The van der Waals surface area contributed by atoms with Crippen molar-refractivity contribution in [2.45, 2.75) is 81.7 Å². The summed E-state index contributed by atoms with van der Waals surface area (Å²) in [6.07, 6.45) is -4.69. The lowest BCUT2D eigenvalue weighted by molar-refractivity contribution is -0.155. The number of aromatic hydroxyl groups is 1. The van der Waals surface area contributed by atoms with Crippen LogP contribution in [0.5, 0.6) is 17.2 Å². The number of carbonyl (C=O) groups excluding carboxylic acids is 1. The fraction of sp³-hybridized carbons (Fsp3) is 0.469. The molecule has 0 aromatic heterocycles. The molecular weight excluding hydrogens is 664 g/mol. The molecule has 2 saturated heterocycles. The van der Waals surface area contributed by atoms with E-state index in [0.29, 0.717) is 17.6 Å². The minimum absolute atomic E-state index is 0.0160. The van der Waals surface area contributed by atoms with Crippen LogP contribution in [0.25, 0.3) is 6.08 Å². The first kappa shape index (κ1) is 35.3. The summed E-state index contributed by atoms with van der Waals surface area (Å²) in [5, 5.41) is 55.4. The van der Waals surface area contributed by atoms with E-state index in [1.165, 1.54) is 25.1 Å². The summed E-state index contributed by atoms with van der Waals surface area (Å²) >= 11 is 12.0. The van der Waals surface area contributed by atoms with Crippen molar-refractivity contribution < 1.29 is 58.4 Å².